The Kier molecular flexibility index (Phi) is 2.19. The van der Waals surface area contributed by atoms with E-state index in [0.29, 0.717) is 6.07 Å². The average Bonchev–Trinajstić information content (AvgIpc) is 2.44. The standard InChI is InChI=1S/C10H7F2NO3/c11-5-1-4(2-6(12)3-5)9-7(14)8(15)10(13)16-9/h1-3,14-15H,13H2. The highest BCUT2D eigenvalue weighted by Gasteiger charge is 2.19. The molecule has 0 saturated carbocycles. The average molecular weight is 227 g/mol. The summed E-state index contributed by atoms with van der Waals surface area (Å²) in [5.41, 5.74) is 5.14. The summed E-state index contributed by atoms with van der Waals surface area (Å²) >= 11 is 0. The first-order valence-corrected chi connectivity index (χ1v) is 4.25. The molecule has 0 unspecified atom stereocenters. The number of nitrogen functional groups attached to an aromatic ring is 1. The Hall–Kier alpha value is -2.24. The lowest BCUT2D eigenvalue weighted by Crippen LogP contribution is -1.83. The first-order valence-electron chi connectivity index (χ1n) is 4.25. The van der Waals surface area contributed by atoms with Crippen LogP contribution in [-0.4, -0.2) is 10.2 Å². The zero-order valence-electron chi connectivity index (χ0n) is 7.87. The topological polar surface area (TPSA) is 79.6 Å². The van der Waals surface area contributed by atoms with Gasteiger partial charge in [0.25, 0.3) is 0 Å². The highest BCUT2D eigenvalue weighted by Crippen LogP contribution is 2.43. The van der Waals surface area contributed by atoms with E-state index in [1.54, 1.807) is 0 Å². The predicted molar refractivity (Wildman–Crippen MR) is 51.8 cm³/mol. The van der Waals surface area contributed by atoms with Gasteiger partial charge in [-0.15, -0.1) is 0 Å². The molecule has 0 radical (unpaired) electrons. The molecule has 0 atom stereocenters. The van der Waals surface area contributed by atoms with E-state index in [0.717, 1.165) is 12.1 Å². The van der Waals surface area contributed by atoms with Crippen molar-refractivity contribution in [2.45, 2.75) is 0 Å². The molecule has 0 amide bonds. The van der Waals surface area contributed by atoms with Gasteiger partial charge in [-0.3, -0.25) is 0 Å². The number of aromatic hydroxyl groups is 2. The number of hydrogen-bond donors (Lipinski definition) is 3. The molecule has 0 aliphatic heterocycles. The Labute approximate surface area is 88.5 Å². The summed E-state index contributed by atoms with van der Waals surface area (Å²) in [5.74, 6) is -3.67. The van der Waals surface area contributed by atoms with Crippen molar-refractivity contribution in [3.05, 3.63) is 29.8 Å². The van der Waals surface area contributed by atoms with E-state index in [4.69, 9.17) is 10.2 Å². The molecule has 0 spiro atoms. The van der Waals surface area contributed by atoms with Crippen LogP contribution in [0.2, 0.25) is 0 Å². The van der Waals surface area contributed by atoms with Gasteiger partial charge >= 0.3 is 0 Å². The summed E-state index contributed by atoms with van der Waals surface area (Å²) < 4.78 is 30.6. The molecule has 1 aromatic carbocycles. The van der Waals surface area contributed by atoms with Gasteiger partial charge in [0.2, 0.25) is 17.4 Å². The van der Waals surface area contributed by atoms with Gasteiger partial charge in [0.15, 0.2) is 5.76 Å². The maximum absolute atomic E-state index is 12.9. The van der Waals surface area contributed by atoms with Gasteiger partial charge in [-0.25, -0.2) is 8.78 Å². The number of anilines is 1. The molecule has 0 aliphatic rings. The summed E-state index contributed by atoms with van der Waals surface area (Å²) in [6, 6.07) is 2.56. The monoisotopic (exact) mass is 227 g/mol. The summed E-state index contributed by atoms with van der Waals surface area (Å²) in [6.45, 7) is 0. The highest BCUT2D eigenvalue weighted by atomic mass is 19.1. The van der Waals surface area contributed by atoms with Crippen LogP contribution in [0.1, 0.15) is 0 Å². The van der Waals surface area contributed by atoms with Gasteiger partial charge in [-0.05, 0) is 12.1 Å². The van der Waals surface area contributed by atoms with E-state index in [2.05, 4.69) is 0 Å². The fraction of sp³-hybridized carbons (Fsp3) is 0. The zero-order chi connectivity index (χ0) is 11.9. The number of furan rings is 1. The lowest BCUT2D eigenvalue weighted by atomic mass is 10.1. The van der Waals surface area contributed by atoms with E-state index >= 15 is 0 Å². The second-order valence-corrected chi connectivity index (χ2v) is 3.15. The first kappa shape index (κ1) is 10.3. The van der Waals surface area contributed by atoms with Crippen molar-refractivity contribution in [1.82, 2.24) is 0 Å². The number of nitrogens with two attached hydrogens (primary N) is 1. The summed E-state index contributed by atoms with van der Waals surface area (Å²) in [7, 11) is 0. The van der Waals surface area contributed by atoms with Crippen molar-refractivity contribution < 1.29 is 23.4 Å². The van der Waals surface area contributed by atoms with Crippen LogP contribution < -0.4 is 5.73 Å². The van der Waals surface area contributed by atoms with Crippen LogP contribution in [0.25, 0.3) is 11.3 Å². The van der Waals surface area contributed by atoms with Crippen molar-refractivity contribution in [2.24, 2.45) is 0 Å². The van der Waals surface area contributed by atoms with Gasteiger partial charge in [0, 0.05) is 11.6 Å². The van der Waals surface area contributed by atoms with E-state index < -0.39 is 29.0 Å². The van der Waals surface area contributed by atoms with Gasteiger partial charge in [0.1, 0.15) is 11.6 Å². The number of hydrogen-bond acceptors (Lipinski definition) is 4. The fourth-order valence-corrected chi connectivity index (χ4v) is 1.31. The molecule has 1 aromatic heterocycles. The van der Waals surface area contributed by atoms with E-state index in [-0.39, 0.29) is 11.3 Å². The third-order valence-electron chi connectivity index (χ3n) is 2.01. The van der Waals surface area contributed by atoms with E-state index in [1.807, 2.05) is 0 Å². The molecule has 0 bridgehead atoms. The maximum atomic E-state index is 12.9. The molecular formula is C10H7F2NO3. The van der Waals surface area contributed by atoms with E-state index in [1.165, 1.54) is 0 Å². The lowest BCUT2D eigenvalue weighted by Gasteiger charge is -1.98. The Morgan fingerprint density at radius 2 is 1.56 bits per heavy atom. The third kappa shape index (κ3) is 1.54. The molecule has 2 rings (SSSR count). The van der Waals surface area contributed by atoms with Gasteiger partial charge < -0.3 is 20.4 Å². The zero-order valence-corrected chi connectivity index (χ0v) is 7.87. The van der Waals surface area contributed by atoms with Crippen LogP contribution in [0.5, 0.6) is 11.5 Å². The summed E-state index contributed by atoms with van der Waals surface area (Å²) in [4.78, 5) is 0. The SMILES string of the molecule is Nc1oc(-c2cc(F)cc(F)c2)c(O)c1O. The van der Waals surface area contributed by atoms with Gasteiger partial charge in [-0.2, -0.15) is 0 Å². The van der Waals surface area contributed by atoms with Crippen LogP contribution in [0, 0.1) is 11.6 Å². The smallest absolute Gasteiger partial charge is 0.237 e. The van der Waals surface area contributed by atoms with Gasteiger partial charge in [0.05, 0.1) is 0 Å². The van der Waals surface area contributed by atoms with E-state index in [9.17, 15) is 19.0 Å². The van der Waals surface area contributed by atoms with Gasteiger partial charge in [-0.1, -0.05) is 0 Å². The number of halogens is 2. The molecular weight excluding hydrogens is 220 g/mol. The largest absolute Gasteiger partial charge is 0.502 e. The molecule has 0 saturated heterocycles. The molecule has 6 heteroatoms. The molecule has 0 fully saturated rings. The second-order valence-electron chi connectivity index (χ2n) is 3.15. The molecule has 0 aliphatic carbocycles. The molecule has 1 heterocycles. The van der Waals surface area contributed by atoms with Crippen molar-refractivity contribution in [3.63, 3.8) is 0 Å². The Balaban J connectivity index is 2.62. The van der Waals surface area contributed by atoms with Crippen LogP contribution in [-0.2, 0) is 0 Å². The quantitative estimate of drug-likeness (QED) is 0.697. The van der Waals surface area contributed by atoms with Crippen LogP contribution in [0.3, 0.4) is 0 Å². The molecule has 16 heavy (non-hydrogen) atoms. The van der Waals surface area contributed by atoms with Crippen LogP contribution >= 0.6 is 0 Å². The first-order chi connectivity index (χ1) is 7.49. The Morgan fingerprint density at radius 3 is 2.00 bits per heavy atom. The number of benzene rings is 1. The summed E-state index contributed by atoms with van der Waals surface area (Å²) in [6.07, 6.45) is 0. The normalized spacial score (nSPS) is 10.6. The van der Waals surface area contributed by atoms with Crippen molar-refractivity contribution in [3.8, 4) is 22.8 Å². The van der Waals surface area contributed by atoms with Crippen LogP contribution in [0.15, 0.2) is 22.6 Å². The minimum atomic E-state index is -0.830. The molecule has 84 valence electrons. The third-order valence-corrected chi connectivity index (χ3v) is 2.01. The Bertz CT molecular complexity index is 531. The summed E-state index contributed by atoms with van der Waals surface area (Å²) in [5, 5.41) is 18.6. The predicted octanol–water partition coefficient (Wildman–Crippen LogP) is 2.22. The molecule has 4 N–H and O–H groups in total. The van der Waals surface area contributed by atoms with Crippen molar-refractivity contribution >= 4 is 5.88 Å². The van der Waals surface area contributed by atoms with Crippen molar-refractivity contribution in [1.29, 1.82) is 0 Å². The maximum Gasteiger partial charge on any atom is 0.237 e. The highest BCUT2D eigenvalue weighted by molar-refractivity contribution is 5.72. The Morgan fingerprint density at radius 1 is 1.00 bits per heavy atom. The minimum absolute atomic E-state index is 0.0537. The van der Waals surface area contributed by atoms with Crippen molar-refractivity contribution in [2.75, 3.05) is 5.73 Å². The minimum Gasteiger partial charge on any atom is -0.502 e. The fourth-order valence-electron chi connectivity index (χ4n) is 1.31. The van der Waals surface area contributed by atoms with Crippen LogP contribution in [0.4, 0.5) is 14.7 Å². The lowest BCUT2D eigenvalue weighted by molar-refractivity contribution is 0.410. The number of rotatable bonds is 1. The second kappa shape index (κ2) is 3.41. The molecule has 4 nitrogen and oxygen atoms in total. The molecule has 2 aromatic rings.